The van der Waals surface area contributed by atoms with Gasteiger partial charge in [0, 0.05) is 0 Å². The van der Waals surface area contributed by atoms with E-state index in [0.29, 0.717) is 11.1 Å². The van der Waals surface area contributed by atoms with E-state index < -0.39 is 23.5 Å². The normalized spacial score (nSPS) is 12.1. The Morgan fingerprint density at radius 1 is 0.281 bits per heavy atom. The molecule has 0 N–H and O–H groups in total. The summed E-state index contributed by atoms with van der Waals surface area (Å²) in [4.78, 5) is 0. The Labute approximate surface area is 180 Å². The van der Waals surface area contributed by atoms with Crippen LogP contribution in [0.25, 0.3) is 33.4 Å². The molecule has 0 nitrogen and oxygen atoms in total. The van der Waals surface area contributed by atoms with Crippen LogP contribution in [0.4, 0.5) is 26.3 Å². The Morgan fingerprint density at radius 3 is 0.594 bits per heavy atom. The highest BCUT2D eigenvalue weighted by Gasteiger charge is 2.30. The van der Waals surface area contributed by atoms with Gasteiger partial charge in [-0.1, -0.05) is 72.8 Å². The molecule has 0 aliphatic heterocycles. The van der Waals surface area contributed by atoms with Crippen molar-refractivity contribution in [1.29, 1.82) is 0 Å². The zero-order valence-corrected chi connectivity index (χ0v) is 16.5. The lowest BCUT2D eigenvalue weighted by Crippen LogP contribution is -2.03. The van der Waals surface area contributed by atoms with Crippen molar-refractivity contribution >= 4 is 0 Å². The van der Waals surface area contributed by atoms with Gasteiger partial charge in [0.2, 0.25) is 0 Å². The smallest absolute Gasteiger partial charge is 0.166 e. The maximum Gasteiger partial charge on any atom is 0.416 e. The largest absolute Gasteiger partial charge is 0.416 e. The van der Waals surface area contributed by atoms with E-state index in [1.807, 2.05) is 48.5 Å². The van der Waals surface area contributed by atoms with Crippen molar-refractivity contribution in [3.63, 3.8) is 0 Å². The molecular formula is C26H16F6. The van der Waals surface area contributed by atoms with Crippen LogP contribution >= 0.6 is 0 Å². The molecule has 4 aromatic carbocycles. The third kappa shape index (κ3) is 4.69. The molecule has 0 saturated heterocycles. The molecule has 0 unspecified atom stereocenters. The van der Waals surface area contributed by atoms with Crippen LogP contribution in [0.5, 0.6) is 0 Å². The van der Waals surface area contributed by atoms with Gasteiger partial charge in [-0.05, 0) is 57.6 Å². The molecule has 0 bridgehead atoms. The maximum absolute atomic E-state index is 12.7. The van der Waals surface area contributed by atoms with Crippen molar-refractivity contribution in [2.45, 2.75) is 12.4 Å². The molecular weight excluding hydrogens is 426 g/mol. The van der Waals surface area contributed by atoms with Gasteiger partial charge in [0.1, 0.15) is 0 Å². The van der Waals surface area contributed by atoms with E-state index in [1.165, 1.54) is 24.3 Å². The van der Waals surface area contributed by atoms with Crippen LogP contribution in [-0.2, 0) is 12.4 Å². The summed E-state index contributed by atoms with van der Waals surface area (Å²) in [5.41, 5.74) is 3.41. The van der Waals surface area contributed by atoms with Crippen molar-refractivity contribution in [3.05, 3.63) is 108 Å². The van der Waals surface area contributed by atoms with Crippen LogP contribution in [-0.4, -0.2) is 0 Å². The zero-order valence-electron chi connectivity index (χ0n) is 16.5. The van der Waals surface area contributed by atoms with E-state index >= 15 is 0 Å². The summed E-state index contributed by atoms with van der Waals surface area (Å²) < 4.78 is 76.3. The standard InChI is InChI=1S/C26H16F6/c27-25(28,29)23-13-9-21(10-14-23)19-5-1-17(2-6-19)18-3-7-20(8-4-18)22-11-15-24(16-12-22)26(30,31)32/h1-16H. The molecule has 0 aromatic heterocycles. The Bertz CT molecular complexity index is 1080. The van der Waals surface area contributed by atoms with Gasteiger partial charge < -0.3 is 0 Å². The van der Waals surface area contributed by atoms with E-state index in [9.17, 15) is 26.3 Å². The molecule has 0 atom stereocenters. The summed E-state index contributed by atoms with van der Waals surface area (Å²) in [6.45, 7) is 0. The van der Waals surface area contributed by atoms with Gasteiger partial charge >= 0.3 is 12.4 Å². The first-order valence-corrected chi connectivity index (χ1v) is 9.67. The summed E-state index contributed by atoms with van der Waals surface area (Å²) in [7, 11) is 0. The fraction of sp³-hybridized carbons (Fsp3) is 0.0769. The van der Waals surface area contributed by atoms with Gasteiger partial charge in [0.15, 0.2) is 0 Å². The summed E-state index contributed by atoms with van der Waals surface area (Å²) in [6.07, 6.45) is -8.73. The molecule has 0 radical (unpaired) electrons. The molecule has 0 fully saturated rings. The first-order valence-electron chi connectivity index (χ1n) is 9.67. The number of benzene rings is 4. The van der Waals surface area contributed by atoms with Crippen LogP contribution in [0.2, 0.25) is 0 Å². The van der Waals surface area contributed by atoms with Gasteiger partial charge in [-0.15, -0.1) is 0 Å². The SMILES string of the molecule is FC(F)(F)c1ccc(-c2ccc(-c3ccc(-c4ccc(C(F)(F)F)cc4)cc3)cc2)cc1. The van der Waals surface area contributed by atoms with Gasteiger partial charge in [-0.25, -0.2) is 0 Å². The summed E-state index contributed by atoms with van der Waals surface area (Å²) >= 11 is 0. The maximum atomic E-state index is 12.7. The monoisotopic (exact) mass is 442 g/mol. The molecule has 32 heavy (non-hydrogen) atoms. The molecule has 0 aliphatic rings. The molecule has 4 rings (SSSR count). The second-order valence-corrected chi connectivity index (χ2v) is 7.30. The second-order valence-electron chi connectivity index (χ2n) is 7.30. The third-order valence-corrected chi connectivity index (χ3v) is 5.19. The fourth-order valence-electron chi connectivity index (χ4n) is 3.41. The number of hydrogen-bond donors (Lipinski definition) is 0. The Morgan fingerprint density at radius 2 is 0.438 bits per heavy atom. The predicted molar refractivity (Wildman–Crippen MR) is 113 cm³/mol. The van der Waals surface area contributed by atoms with E-state index in [-0.39, 0.29) is 0 Å². The summed E-state index contributed by atoms with van der Waals surface area (Å²) in [6, 6.07) is 24.8. The number of alkyl halides is 6. The highest BCUT2D eigenvalue weighted by molar-refractivity contribution is 5.73. The first-order chi connectivity index (χ1) is 15.1. The minimum absolute atomic E-state index is 0.683. The van der Waals surface area contributed by atoms with E-state index in [2.05, 4.69) is 0 Å². The highest BCUT2D eigenvalue weighted by Crippen LogP contribution is 2.33. The Kier molecular flexibility index (Phi) is 5.55. The van der Waals surface area contributed by atoms with Gasteiger partial charge in [0.25, 0.3) is 0 Å². The average Bonchev–Trinajstić information content (AvgIpc) is 2.78. The zero-order chi connectivity index (χ0) is 22.9. The summed E-state index contributed by atoms with van der Waals surface area (Å²) in [5, 5.41) is 0. The number of hydrogen-bond acceptors (Lipinski definition) is 0. The summed E-state index contributed by atoms with van der Waals surface area (Å²) in [5.74, 6) is 0. The molecule has 0 amide bonds. The Balaban J connectivity index is 1.51. The van der Waals surface area contributed by atoms with E-state index in [0.717, 1.165) is 46.5 Å². The van der Waals surface area contributed by atoms with Crippen molar-refractivity contribution in [1.82, 2.24) is 0 Å². The molecule has 6 heteroatoms. The van der Waals surface area contributed by atoms with Crippen LogP contribution in [0.3, 0.4) is 0 Å². The van der Waals surface area contributed by atoms with Crippen LogP contribution in [0, 0.1) is 0 Å². The third-order valence-electron chi connectivity index (χ3n) is 5.19. The fourth-order valence-corrected chi connectivity index (χ4v) is 3.41. The lowest BCUT2D eigenvalue weighted by atomic mass is 9.97. The van der Waals surface area contributed by atoms with Crippen LogP contribution in [0.15, 0.2) is 97.1 Å². The van der Waals surface area contributed by atoms with E-state index in [4.69, 9.17) is 0 Å². The lowest BCUT2D eigenvalue weighted by Gasteiger charge is -2.10. The van der Waals surface area contributed by atoms with Gasteiger partial charge in [0.05, 0.1) is 11.1 Å². The van der Waals surface area contributed by atoms with Gasteiger partial charge in [-0.3, -0.25) is 0 Å². The van der Waals surface area contributed by atoms with Crippen molar-refractivity contribution in [2.75, 3.05) is 0 Å². The van der Waals surface area contributed by atoms with Crippen molar-refractivity contribution < 1.29 is 26.3 Å². The molecule has 162 valence electrons. The van der Waals surface area contributed by atoms with Crippen molar-refractivity contribution in [2.24, 2.45) is 0 Å². The molecule has 0 spiro atoms. The lowest BCUT2D eigenvalue weighted by molar-refractivity contribution is -0.138. The van der Waals surface area contributed by atoms with Crippen LogP contribution < -0.4 is 0 Å². The molecule has 0 aliphatic carbocycles. The molecule has 4 aromatic rings. The number of halogens is 6. The Hall–Kier alpha value is -3.54. The molecule has 0 saturated carbocycles. The highest BCUT2D eigenvalue weighted by atomic mass is 19.4. The topological polar surface area (TPSA) is 0 Å². The quantitative estimate of drug-likeness (QED) is 0.278. The second kappa shape index (κ2) is 8.19. The predicted octanol–water partition coefficient (Wildman–Crippen LogP) is 8.73. The number of rotatable bonds is 3. The van der Waals surface area contributed by atoms with Crippen molar-refractivity contribution in [3.8, 4) is 33.4 Å². The van der Waals surface area contributed by atoms with Crippen LogP contribution in [0.1, 0.15) is 11.1 Å². The minimum atomic E-state index is -4.37. The first kappa shape index (κ1) is 21.7. The minimum Gasteiger partial charge on any atom is -0.166 e. The van der Waals surface area contributed by atoms with E-state index in [1.54, 1.807) is 0 Å². The average molecular weight is 442 g/mol. The van der Waals surface area contributed by atoms with Gasteiger partial charge in [-0.2, -0.15) is 26.3 Å². The molecule has 0 heterocycles.